The number of hydrogen-bond acceptors (Lipinski definition) is 3. The van der Waals surface area contributed by atoms with Gasteiger partial charge in [-0.1, -0.05) is 12.1 Å². The summed E-state index contributed by atoms with van der Waals surface area (Å²) in [5.41, 5.74) is 0.297. The van der Waals surface area contributed by atoms with Gasteiger partial charge in [-0.15, -0.1) is 0 Å². The zero-order valence-electron chi connectivity index (χ0n) is 11.6. The van der Waals surface area contributed by atoms with Crippen LogP contribution in [-0.2, 0) is 4.79 Å². The third kappa shape index (κ3) is 3.47. The highest BCUT2D eigenvalue weighted by Gasteiger charge is 2.21. The Morgan fingerprint density at radius 1 is 1.20 bits per heavy atom. The molecule has 0 saturated carbocycles. The van der Waals surface area contributed by atoms with Crippen molar-refractivity contribution in [2.45, 2.75) is 0 Å². The molecular formula is C13H17N3O4. The summed E-state index contributed by atoms with van der Waals surface area (Å²) in [6.45, 7) is -0.102. The van der Waals surface area contributed by atoms with Crippen LogP contribution < -0.4 is 10.2 Å². The molecule has 108 valence electrons. The molecule has 0 aromatic heterocycles. The van der Waals surface area contributed by atoms with Crippen molar-refractivity contribution in [3.05, 3.63) is 29.8 Å². The van der Waals surface area contributed by atoms with Crippen LogP contribution in [0.5, 0.6) is 0 Å². The number of carbonyl (C=O) groups excluding carboxylic acids is 2. The minimum absolute atomic E-state index is 0.0247. The minimum atomic E-state index is -1.12. The molecule has 20 heavy (non-hydrogen) atoms. The zero-order valence-corrected chi connectivity index (χ0v) is 11.6. The van der Waals surface area contributed by atoms with Crippen molar-refractivity contribution in [2.24, 2.45) is 0 Å². The minimum Gasteiger partial charge on any atom is -0.478 e. The van der Waals surface area contributed by atoms with Gasteiger partial charge >= 0.3 is 12.0 Å². The normalized spacial score (nSPS) is 9.75. The molecule has 1 rings (SSSR count). The molecule has 0 radical (unpaired) electrons. The van der Waals surface area contributed by atoms with E-state index in [1.807, 2.05) is 0 Å². The molecule has 0 atom stereocenters. The van der Waals surface area contributed by atoms with E-state index in [1.165, 1.54) is 43.1 Å². The molecule has 0 bridgehead atoms. The van der Waals surface area contributed by atoms with Crippen molar-refractivity contribution in [3.8, 4) is 0 Å². The lowest BCUT2D eigenvalue weighted by atomic mass is 10.1. The molecule has 0 aliphatic rings. The average molecular weight is 279 g/mol. The Morgan fingerprint density at radius 3 is 2.35 bits per heavy atom. The van der Waals surface area contributed by atoms with Crippen LogP contribution in [0.15, 0.2) is 24.3 Å². The second kappa shape index (κ2) is 6.55. The number of benzene rings is 1. The molecule has 0 unspecified atom stereocenters. The Kier molecular flexibility index (Phi) is 5.08. The molecule has 1 aromatic rings. The number of carboxylic acid groups (broad SMARTS) is 1. The zero-order chi connectivity index (χ0) is 15.3. The van der Waals surface area contributed by atoms with E-state index in [9.17, 15) is 14.4 Å². The fourth-order valence-electron chi connectivity index (χ4n) is 1.67. The molecule has 1 aromatic carbocycles. The molecule has 0 heterocycles. The van der Waals surface area contributed by atoms with Crippen LogP contribution >= 0.6 is 0 Å². The molecule has 0 aliphatic carbocycles. The van der Waals surface area contributed by atoms with Crippen LogP contribution in [0.3, 0.4) is 0 Å². The molecule has 0 saturated heterocycles. The van der Waals surface area contributed by atoms with Crippen LogP contribution in [0.1, 0.15) is 10.4 Å². The Morgan fingerprint density at radius 2 is 1.80 bits per heavy atom. The summed E-state index contributed by atoms with van der Waals surface area (Å²) in [5.74, 6) is -1.42. The van der Waals surface area contributed by atoms with Gasteiger partial charge in [0.2, 0.25) is 5.91 Å². The fraction of sp³-hybridized carbons (Fsp3) is 0.308. The maximum atomic E-state index is 12.1. The average Bonchev–Trinajstić information content (AvgIpc) is 2.45. The SMILES string of the molecule is CNC(=O)CN(C)C(=O)N(C)c1ccccc1C(=O)O. The van der Waals surface area contributed by atoms with E-state index in [-0.39, 0.29) is 23.7 Å². The summed E-state index contributed by atoms with van der Waals surface area (Å²) >= 11 is 0. The topological polar surface area (TPSA) is 90.0 Å². The lowest BCUT2D eigenvalue weighted by Gasteiger charge is -2.25. The number of amides is 3. The highest BCUT2D eigenvalue weighted by atomic mass is 16.4. The number of hydrogen-bond donors (Lipinski definition) is 2. The van der Waals surface area contributed by atoms with Crippen LogP contribution in [0, 0.1) is 0 Å². The number of nitrogens with one attached hydrogen (secondary N) is 1. The van der Waals surface area contributed by atoms with Crippen LogP contribution in [0.4, 0.5) is 10.5 Å². The Labute approximate surface area is 116 Å². The third-order valence-corrected chi connectivity index (χ3v) is 2.77. The van der Waals surface area contributed by atoms with Crippen LogP contribution in [-0.4, -0.2) is 55.6 Å². The monoisotopic (exact) mass is 279 g/mol. The van der Waals surface area contributed by atoms with Gasteiger partial charge in [-0.3, -0.25) is 9.69 Å². The number of carboxylic acids is 1. The van der Waals surface area contributed by atoms with E-state index in [1.54, 1.807) is 12.1 Å². The number of rotatable bonds is 4. The first kappa shape index (κ1) is 15.5. The van der Waals surface area contributed by atoms with Crippen molar-refractivity contribution in [3.63, 3.8) is 0 Å². The highest BCUT2D eigenvalue weighted by molar-refractivity contribution is 6.01. The molecule has 7 heteroatoms. The summed E-state index contributed by atoms with van der Waals surface area (Å²) < 4.78 is 0. The van der Waals surface area contributed by atoms with Crippen molar-refractivity contribution >= 4 is 23.6 Å². The molecule has 0 fully saturated rings. The number of nitrogens with zero attached hydrogens (tertiary/aromatic N) is 2. The van der Waals surface area contributed by atoms with Gasteiger partial charge in [-0.25, -0.2) is 9.59 Å². The Hall–Kier alpha value is -2.57. The first-order valence-corrected chi connectivity index (χ1v) is 5.90. The van der Waals surface area contributed by atoms with Gasteiger partial charge in [0.1, 0.15) is 6.54 Å². The maximum absolute atomic E-state index is 12.1. The van der Waals surface area contributed by atoms with Gasteiger partial charge in [-0.05, 0) is 12.1 Å². The summed E-state index contributed by atoms with van der Waals surface area (Å²) in [5, 5.41) is 11.5. The Bertz CT molecular complexity index is 530. The summed E-state index contributed by atoms with van der Waals surface area (Å²) in [6.07, 6.45) is 0. The number of aromatic carboxylic acids is 1. The maximum Gasteiger partial charge on any atom is 0.337 e. The van der Waals surface area contributed by atoms with Crippen LogP contribution in [0.2, 0.25) is 0 Å². The van der Waals surface area contributed by atoms with E-state index < -0.39 is 12.0 Å². The van der Waals surface area contributed by atoms with Crippen molar-refractivity contribution in [2.75, 3.05) is 32.6 Å². The Balaban J connectivity index is 2.94. The lowest BCUT2D eigenvalue weighted by Crippen LogP contribution is -2.44. The number of urea groups is 1. The quantitative estimate of drug-likeness (QED) is 0.845. The van der Waals surface area contributed by atoms with Crippen molar-refractivity contribution in [1.29, 1.82) is 0 Å². The van der Waals surface area contributed by atoms with Gasteiger partial charge in [0.15, 0.2) is 0 Å². The summed E-state index contributed by atoms with van der Waals surface area (Å²) in [4.78, 5) is 36.9. The van der Waals surface area contributed by atoms with Gasteiger partial charge in [0.05, 0.1) is 11.3 Å². The standard InChI is InChI=1S/C13H17N3O4/c1-14-11(17)8-15(2)13(20)16(3)10-7-5-4-6-9(10)12(18)19/h4-7H,8H2,1-3H3,(H,14,17)(H,18,19). The summed E-state index contributed by atoms with van der Waals surface area (Å²) in [6, 6.07) is 5.71. The number of carbonyl (C=O) groups is 3. The number of likely N-dealkylation sites (N-methyl/N-ethyl adjacent to an activating group) is 2. The predicted octanol–water partition coefficient (Wildman–Crippen LogP) is 0.619. The van der Waals surface area contributed by atoms with Crippen molar-refractivity contribution < 1.29 is 19.5 Å². The lowest BCUT2D eigenvalue weighted by molar-refractivity contribution is -0.120. The molecule has 7 nitrogen and oxygen atoms in total. The first-order chi connectivity index (χ1) is 9.38. The van der Waals surface area contributed by atoms with Gasteiger partial charge < -0.3 is 15.3 Å². The smallest absolute Gasteiger partial charge is 0.337 e. The van der Waals surface area contributed by atoms with E-state index in [0.29, 0.717) is 0 Å². The number of para-hydroxylation sites is 1. The van der Waals surface area contributed by atoms with E-state index in [0.717, 1.165) is 0 Å². The first-order valence-electron chi connectivity index (χ1n) is 5.90. The predicted molar refractivity (Wildman–Crippen MR) is 73.9 cm³/mol. The fourth-order valence-corrected chi connectivity index (χ4v) is 1.67. The largest absolute Gasteiger partial charge is 0.478 e. The summed E-state index contributed by atoms with van der Waals surface area (Å²) in [7, 11) is 4.41. The number of anilines is 1. The van der Waals surface area contributed by atoms with E-state index >= 15 is 0 Å². The molecule has 0 aliphatic heterocycles. The molecule has 3 amide bonds. The van der Waals surface area contributed by atoms with Gasteiger partial charge in [0.25, 0.3) is 0 Å². The highest BCUT2D eigenvalue weighted by Crippen LogP contribution is 2.20. The van der Waals surface area contributed by atoms with Gasteiger partial charge in [0, 0.05) is 21.1 Å². The second-order valence-corrected chi connectivity index (χ2v) is 4.19. The van der Waals surface area contributed by atoms with E-state index in [2.05, 4.69) is 5.32 Å². The van der Waals surface area contributed by atoms with Crippen molar-refractivity contribution in [1.82, 2.24) is 10.2 Å². The van der Waals surface area contributed by atoms with Crippen LogP contribution in [0.25, 0.3) is 0 Å². The second-order valence-electron chi connectivity index (χ2n) is 4.19. The van der Waals surface area contributed by atoms with Gasteiger partial charge in [-0.2, -0.15) is 0 Å². The molecule has 2 N–H and O–H groups in total. The molecule has 0 spiro atoms. The van der Waals surface area contributed by atoms with E-state index in [4.69, 9.17) is 5.11 Å². The third-order valence-electron chi connectivity index (χ3n) is 2.77. The molecular weight excluding hydrogens is 262 g/mol.